The van der Waals surface area contributed by atoms with E-state index in [2.05, 4.69) is 15.3 Å². The third kappa shape index (κ3) is 5.01. The Labute approximate surface area is 206 Å². The smallest absolute Gasteiger partial charge is 0.324 e. The standard InChI is InChI=1S/C24H24F3N5O3S/c1-36(33,34)31-11-9-17-13-19(8-7-18(17)15-31)29-23-28-14-20(24(25,26)27)22(30-23)32-21(10-12-35-32)16-5-3-2-4-6-16/h2-8,13-14,21H,9-12,15H2,1H3,(H,28,29,30)/t21-/m0/s1. The molecule has 2 aliphatic heterocycles. The molecule has 1 fully saturated rings. The van der Waals surface area contributed by atoms with Gasteiger partial charge in [-0.25, -0.2) is 18.5 Å². The summed E-state index contributed by atoms with van der Waals surface area (Å²) < 4.78 is 66.7. The lowest BCUT2D eigenvalue weighted by atomic mass is 10.0. The summed E-state index contributed by atoms with van der Waals surface area (Å²) in [7, 11) is -3.29. The Bertz CT molecular complexity index is 1370. The molecule has 8 nitrogen and oxygen atoms in total. The summed E-state index contributed by atoms with van der Waals surface area (Å²) in [5, 5.41) is 4.21. The zero-order valence-corrected chi connectivity index (χ0v) is 20.2. The number of hydrogen-bond acceptors (Lipinski definition) is 7. The van der Waals surface area contributed by atoms with E-state index in [1.165, 1.54) is 15.6 Å². The molecule has 0 amide bonds. The molecule has 0 unspecified atom stereocenters. The molecule has 1 N–H and O–H groups in total. The monoisotopic (exact) mass is 519 g/mol. The average molecular weight is 520 g/mol. The third-order valence-electron chi connectivity index (χ3n) is 6.28. The third-order valence-corrected chi connectivity index (χ3v) is 7.53. The first-order valence-electron chi connectivity index (χ1n) is 11.3. The van der Waals surface area contributed by atoms with Crippen LogP contribution in [-0.2, 0) is 34.0 Å². The van der Waals surface area contributed by atoms with Gasteiger partial charge in [-0.2, -0.15) is 22.5 Å². The van der Waals surface area contributed by atoms with Crippen LogP contribution in [0, 0.1) is 0 Å². The van der Waals surface area contributed by atoms with Crippen molar-refractivity contribution in [3.05, 3.63) is 77.0 Å². The van der Waals surface area contributed by atoms with Crippen LogP contribution in [-0.4, -0.2) is 42.1 Å². The minimum absolute atomic E-state index is 0.00571. The van der Waals surface area contributed by atoms with Gasteiger partial charge in [0.05, 0.1) is 18.9 Å². The van der Waals surface area contributed by atoms with Crippen molar-refractivity contribution in [1.82, 2.24) is 14.3 Å². The first-order valence-corrected chi connectivity index (χ1v) is 13.2. The molecule has 0 bridgehead atoms. The predicted molar refractivity (Wildman–Crippen MR) is 128 cm³/mol. The highest BCUT2D eigenvalue weighted by atomic mass is 32.2. The molecule has 1 aromatic heterocycles. The maximum atomic E-state index is 13.9. The van der Waals surface area contributed by atoms with Crippen molar-refractivity contribution in [1.29, 1.82) is 0 Å². The van der Waals surface area contributed by atoms with Gasteiger partial charge in [0.15, 0.2) is 5.82 Å². The second-order valence-electron chi connectivity index (χ2n) is 8.76. The first-order chi connectivity index (χ1) is 17.1. The first kappa shape index (κ1) is 24.5. The van der Waals surface area contributed by atoms with Crippen molar-refractivity contribution in [2.75, 3.05) is 29.8 Å². The summed E-state index contributed by atoms with van der Waals surface area (Å²) in [6.45, 7) is 0.908. The highest BCUT2D eigenvalue weighted by Crippen LogP contribution is 2.41. The molecule has 0 spiro atoms. The predicted octanol–water partition coefficient (Wildman–Crippen LogP) is 4.44. The van der Waals surface area contributed by atoms with Gasteiger partial charge in [-0.3, -0.25) is 4.84 Å². The van der Waals surface area contributed by atoms with Gasteiger partial charge in [0.2, 0.25) is 16.0 Å². The van der Waals surface area contributed by atoms with Crippen molar-refractivity contribution in [2.24, 2.45) is 0 Å². The molecule has 12 heteroatoms. The number of nitrogens with one attached hydrogen (secondary N) is 1. The van der Waals surface area contributed by atoms with Gasteiger partial charge in [0, 0.05) is 31.4 Å². The van der Waals surface area contributed by atoms with Crippen LogP contribution in [0.5, 0.6) is 0 Å². The number of anilines is 3. The topological polar surface area (TPSA) is 87.7 Å². The van der Waals surface area contributed by atoms with Crippen LogP contribution < -0.4 is 10.4 Å². The summed E-state index contributed by atoms with van der Waals surface area (Å²) in [4.78, 5) is 13.8. The highest BCUT2D eigenvalue weighted by molar-refractivity contribution is 7.88. The Morgan fingerprint density at radius 1 is 1.11 bits per heavy atom. The van der Waals surface area contributed by atoms with E-state index in [4.69, 9.17) is 4.84 Å². The van der Waals surface area contributed by atoms with Gasteiger partial charge < -0.3 is 5.32 Å². The number of alkyl halides is 3. The van der Waals surface area contributed by atoms with E-state index < -0.39 is 27.8 Å². The summed E-state index contributed by atoms with van der Waals surface area (Å²) in [5.41, 5.74) is 2.27. The fourth-order valence-corrected chi connectivity index (χ4v) is 5.27. The number of hydrogen-bond donors (Lipinski definition) is 1. The Morgan fingerprint density at radius 2 is 1.89 bits per heavy atom. The summed E-state index contributed by atoms with van der Waals surface area (Å²) in [5.74, 6) is -0.359. The molecule has 1 atom stereocenters. The molecular weight excluding hydrogens is 495 g/mol. The number of aromatic nitrogens is 2. The maximum Gasteiger partial charge on any atom is 0.421 e. The van der Waals surface area contributed by atoms with Crippen molar-refractivity contribution < 1.29 is 26.4 Å². The Morgan fingerprint density at radius 3 is 2.61 bits per heavy atom. The molecule has 2 aliphatic rings. The van der Waals surface area contributed by atoms with Gasteiger partial charge in [0.25, 0.3) is 0 Å². The zero-order valence-electron chi connectivity index (χ0n) is 19.4. The lowest BCUT2D eigenvalue weighted by Gasteiger charge is -2.27. The minimum Gasteiger partial charge on any atom is -0.324 e. The van der Waals surface area contributed by atoms with Crippen molar-refractivity contribution in [3.8, 4) is 0 Å². The van der Waals surface area contributed by atoms with E-state index in [0.717, 1.165) is 22.9 Å². The van der Waals surface area contributed by atoms with E-state index in [0.29, 0.717) is 25.1 Å². The molecule has 0 aliphatic carbocycles. The molecular formula is C24H24F3N5O3S. The van der Waals surface area contributed by atoms with E-state index in [-0.39, 0.29) is 24.9 Å². The fourth-order valence-electron chi connectivity index (χ4n) is 4.47. The van der Waals surface area contributed by atoms with Crippen LogP contribution >= 0.6 is 0 Å². The van der Waals surface area contributed by atoms with E-state index in [9.17, 15) is 21.6 Å². The molecule has 190 valence electrons. The number of sulfonamides is 1. The lowest BCUT2D eigenvalue weighted by molar-refractivity contribution is -0.138. The Hall–Kier alpha value is -3.22. The summed E-state index contributed by atoms with van der Waals surface area (Å²) in [6.07, 6.45) is -1.68. The zero-order chi connectivity index (χ0) is 25.5. The number of fused-ring (bicyclic) bond motifs is 1. The summed E-state index contributed by atoms with van der Waals surface area (Å²) >= 11 is 0. The minimum atomic E-state index is -4.67. The molecule has 5 rings (SSSR count). The number of nitrogens with zero attached hydrogens (tertiary/aromatic N) is 4. The fraction of sp³-hybridized carbons (Fsp3) is 0.333. The van der Waals surface area contributed by atoms with Crippen LogP contribution in [0.25, 0.3) is 0 Å². The van der Waals surface area contributed by atoms with Crippen LogP contribution in [0.1, 0.15) is 34.7 Å². The average Bonchev–Trinajstić information content (AvgIpc) is 3.33. The summed E-state index contributed by atoms with van der Waals surface area (Å²) in [6, 6.07) is 14.1. The molecule has 3 aromatic rings. The maximum absolute atomic E-state index is 13.9. The Kier molecular flexibility index (Phi) is 6.35. The van der Waals surface area contributed by atoms with E-state index in [1.807, 2.05) is 36.4 Å². The van der Waals surface area contributed by atoms with Crippen molar-refractivity contribution in [2.45, 2.75) is 31.6 Å². The quantitative estimate of drug-likeness (QED) is 0.533. The molecule has 3 heterocycles. The molecule has 0 radical (unpaired) electrons. The van der Waals surface area contributed by atoms with Crippen LogP contribution in [0.3, 0.4) is 0 Å². The molecule has 36 heavy (non-hydrogen) atoms. The number of rotatable bonds is 5. The van der Waals surface area contributed by atoms with Crippen molar-refractivity contribution >= 4 is 27.5 Å². The highest BCUT2D eigenvalue weighted by Gasteiger charge is 2.40. The number of benzene rings is 2. The SMILES string of the molecule is CS(=O)(=O)N1CCc2cc(Nc3ncc(C(F)(F)F)c(N4OCC[C@H]4c4ccccc4)n3)ccc2C1. The molecule has 0 saturated carbocycles. The normalized spacial score (nSPS) is 18.8. The van der Waals surface area contributed by atoms with Gasteiger partial charge in [-0.15, -0.1) is 0 Å². The van der Waals surface area contributed by atoms with Crippen LogP contribution in [0.4, 0.5) is 30.6 Å². The lowest BCUT2D eigenvalue weighted by Crippen LogP contribution is -2.35. The second kappa shape index (κ2) is 9.34. The van der Waals surface area contributed by atoms with E-state index >= 15 is 0 Å². The van der Waals surface area contributed by atoms with Gasteiger partial charge >= 0.3 is 6.18 Å². The largest absolute Gasteiger partial charge is 0.421 e. The molecule has 2 aromatic carbocycles. The van der Waals surface area contributed by atoms with E-state index in [1.54, 1.807) is 12.1 Å². The second-order valence-corrected chi connectivity index (χ2v) is 10.7. The van der Waals surface area contributed by atoms with Gasteiger partial charge in [-0.05, 0) is 35.2 Å². The van der Waals surface area contributed by atoms with Gasteiger partial charge in [0.1, 0.15) is 5.56 Å². The van der Waals surface area contributed by atoms with Gasteiger partial charge in [-0.1, -0.05) is 36.4 Å². The molecule has 1 saturated heterocycles. The number of halogens is 3. The van der Waals surface area contributed by atoms with Crippen molar-refractivity contribution in [3.63, 3.8) is 0 Å². The van der Waals surface area contributed by atoms with Crippen LogP contribution in [0.2, 0.25) is 0 Å². The Balaban J connectivity index is 1.44. The van der Waals surface area contributed by atoms with Crippen LogP contribution in [0.15, 0.2) is 54.7 Å². The number of hydroxylamine groups is 1.